The van der Waals surface area contributed by atoms with E-state index in [1.165, 1.54) is 0 Å². The Balaban J connectivity index is 1.84. The highest BCUT2D eigenvalue weighted by Crippen LogP contribution is 2.28. The van der Waals surface area contributed by atoms with Gasteiger partial charge in [0.1, 0.15) is 5.82 Å². The second-order valence-electron chi connectivity index (χ2n) is 4.19. The van der Waals surface area contributed by atoms with Gasteiger partial charge in [-0.05, 0) is 26.2 Å². The van der Waals surface area contributed by atoms with Gasteiger partial charge in [0.05, 0.1) is 18.7 Å². The molecule has 0 radical (unpaired) electrons. The summed E-state index contributed by atoms with van der Waals surface area (Å²) in [6.07, 6.45) is 7.66. The quantitative estimate of drug-likeness (QED) is 0.803. The summed E-state index contributed by atoms with van der Waals surface area (Å²) < 4.78 is 5.03. The lowest BCUT2D eigenvalue weighted by atomic mass is 10.1. The Morgan fingerprint density at radius 1 is 1.53 bits per heavy atom. The highest BCUT2D eigenvalue weighted by Gasteiger charge is 2.30. The topological polar surface area (TPSA) is 64.1 Å². The van der Waals surface area contributed by atoms with E-state index in [1.807, 2.05) is 6.92 Å². The lowest BCUT2D eigenvalue weighted by Crippen LogP contribution is -2.20. The first-order chi connectivity index (χ1) is 8.29. The molecule has 5 heteroatoms. The van der Waals surface area contributed by atoms with Crippen molar-refractivity contribution in [3.63, 3.8) is 0 Å². The van der Waals surface area contributed by atoms with Gasteiger partial charge in [0.15, 0.2) is 0 Å². The summed E-state index contributed by atoms with van der Waals surface area (Å²) in [6, 6.07) is 0.293. The molecular weight excluding hydrogens is 218 g/mol. The average Bonchev–Trinajstić information content (AvgIpc) is 2.79. The maximum Gasteiger partial charge on any atom is 0.308 e. The van der Waals surface area contributed by atoms with Crippen molar-refractivity contribution in [3.05, 3.63) is 18.6 Å². The SMILES string of the molecule is CCOC(=O)[C@@H]1CC[C@H](Nc2cnccn2)C1. The second-order valence-corrected chi connectivity index (χ2v) is 4.19. The zero-order valence-electron chi connectivity index (χ0n) is 9.93. The fourth-order valence-electron chi connectivity index (χ4n) is 2.17. The van der Waals surface area contributed by atoms with Crippen LogP contribution in [-0.4, -0.2) is 28.6 Å². The standard InChI is InChI=1S/C12H17N3O2/c1-2-17-12(16)9-3-4-10(7-9)15-11-8-13-5-6-14-11/h5-6,8-10H,2-4,7H2,1H3,(H,14,15)/t9-,10+/m1/s1. The van der Waals surface area contributed by atoms with Crippen molar-refractivity contribution in [2.75, 3.05) is 11.9 Å². The van der Waals surface area contributed by atoms with Gasteiger partial charge in [0.2, 0.25) is 0 Å². The van der Waals surface area contributed by atoms with E-state index in [0.717, 1.165) is 25.1 Å². The third-order valence-corrected chi connectivity index (χ3v) is 2.97. The number of anilines is 1. The van der Waals surface area contributed by atoms with Crippen molar-refractivity contribution in [2.24, 2.45) is 5.92 Å². The lowest BCUT2D eigenvalue weighted by molar-refractivity contribution is -0.147. The Morgan fingerprint density at radius 2 is 2.41 bits per heavy atom. The molecule has 1 aliphatic carbocycles. The third-order valence-electron chi connectivity index (χ3n) is 2.97. The minimum absolute atomic E-state index is 0.0316. The normalized spacial score (nSPS) is 23.4. The number of carbonyl (C=O) groups excluding carboxylic acids is 1. The van der Waals surface area contributed by atoms with Crippen molar-refractivity contribution in [3.8, 4) is 0 Å². The monoisotopic (exact) mass is 235 g/mol. The van der Waals surface area contributed by atoms with E-state index in [0.29, 0.717) is 12.6 Å². The third kappa shape index (κ3) is 3.15. The van der Waals surface area contributed by atoms with Gasteiger partial charge in [0, 0.05) is 18.4 Å². The Morgan fingerprint density at radius 3 is 3.12 bits per heavy atom. The molecule has 1 fully saturated rings. The van der Waals surface area contributed by atoms with Gasteiger partial charge in [-0.3, -0.25) is 9.78 Å². The first-order valence-corrected chi connectivity index (χ1v) is 5.98. The first kappa shape index (κ1) is 11.8. The van der Waals surface area contributed by atoms with Crippen molar-refractivity contribution in [1.29, 1.82) is 0 Å². The average molecular weight is 235 g/mol. The molecule has 1 saturated carbocycles. The van der Waals surface area contributed by atoms with E-state index < -0.39 is 0 Å². The smallest absolute Gasteiger partial charge is 0.308 e. The molecule has 2 rings (SSSR count). The molecule has 0 unspecified atom stereocenters. The number of rotatable bonds is 4. The number of carbonyl (C=O) groups is 1. The van der Waals surface area contributed by atoms with Crippen molar-refractivity contribution >= 4 is 11.8 Å². The van der Waals surface area contributed by atoms with Gasteiger partial charge in [-0.1, -0.05) is 0 Å². The summed E-state index contributed by atoms with van der Waals surface area (Å²) in [5.41, 5.74) is 0. The Bertz CT molecular complexity index is 369. The number of nitrogens with zero attached hydrogens (tertiary/aromatic N) is 2. The zero-order chi connectivity index (χ0) is 12.1. The summed E-state index contributed by atoms with van der Waals surface area (Å²) in [6.45, 7) is 2.29. The van der Waals surface area contributed by atoms with E-state index in [-0.39, 0.29) is 11.9 Å². The summed E-state index contributed by atoms with van der Waals surface area (Å²) in [5.74, 6) is 0.724. The molecule has 1 aromatic rings. The summed E-state index contributed by atoms with van der Waals surface area (Å²) in [4.78, 5) is 19.7. The number of hydrogen-bond donors (Lipinski definition) is 1. The molecule has 0 bridgehead atoms. The minimum Gasteiger partial charge on any atom is -0.466 e. The number of nitrogens with one attached hydrogen (secondary N) is 1. The highest BCUT2D eigenvalue weighted by molar-refractivity contribution is 5.73. The predicted molar refractivity (Wildman–Crippen MR) is 63.4 cm³/mol. The van der Waals surface area contributed by atoms with Crippen molar-refractivity contribution < 1.29 is 9.53 Å². The van der Waals surface area contributed by atoms with Crippen molar-refractivity contribution in [1.82, 2.24) is 9.97 Å². The maximum atomic E-state index is 11.6. The van der Waals surface area contributed by atoms with E-state index in [2.05, 4.69) is 15.3 Å². The van der Waals surface area contributed by atoms with Gasteiger partial charge in [-0.25, -0.2) is 4.98 Å². The molecule has 0 saturated heterocycles. The number of ether oxygens (including phenoxy) is 1. The molecule has 92 valence electrons. The molecule has 0 amide bonds. The van der Waals surface area contributed by atoms with E-state index in [1.54, 1.807) is 18.6 Å². The Hall–Kier alpha value is -1.65. The van der Waals surface area contributed by atoms with Crippen LogP contribution in [0.25, 0.3) is 0 Å². The first-order valence-electron chi connectivity index (χ1n) is 5.98. The molecule has 5 nitrogen and oxygen atoms in total. The fourth-order valence-corrected chi connectivity index (χ4v) is 2.17. The van der Waals surface area contributed by atoms with Crippen LogP contribution in [0.5, 0.6) is 0 Å². The Labute approximate surface area is 101 Å². The lowest BCUT2D eigenvalue weighted by Gasteiger charge is -2.12. The molecule has 1 N–H and O–H groups in total. The van der Waals surface area contributed by atoms with Gasteiger partial charge < -0.3 is 10.1 Å². The second kappa shape index (κ2) is 5.61. The zero-order valence-corrected chi connectivity index (χ0v) is 9.93. The molecule has 0 aromatic carbocycles. The predicted octanol–water partition coefficient (Wildman–Crippen LogP) is 1.62. The van der Waals surface area contributed by atoms with Gasteiger partial charge in [-0.15, -0.1) is 0 Å². The van der Waals surface area contributed by atoms with Crippen LogP contribution in [0, 0.1) is 5.92 Å². The summed E-state index contributed by atoms with van der Waals surface area (Å²) >= 11 is 0. The van der Waals surface area contributed by atoms with Crippen LogP contribution in [0.2, 0.25) is 0 Å². The molecule has 17 heavy (non-hydrogen) atoms. The van der Waals surface area contributed by atoms with Crippen LogP contribution in [0.15, 0.2) is 18.6 Å². The molecular formula is C12H17N3O2. The number of aromatic nitrogens is 2. The fraction of sp³-hybridized carbons (Fsp3) is 0.583. The number of hydrogen-bond acceptors (Lipinski definition) is 5. The molecule has 1 heterocycles. The molecule has 1 aliphatic rings. The van der Waals surface area contributed by atoms with Gasteiger partial charge >= 0.3 is 5.97 Å². The highest BCUT2D eigenvalue weighted by atomic mass is 16.5. The van der Waals surface area contributed by atoms with Crippen LogP contribution in [0.1, 0.15) is 26.2 Å². The van der Waals surface area contributed by atoms with Crippen LogP contribution < -0.4 is 5.32 Å². The number of esters is 1. The van der Waals surface area contributed by atoms with Crippen LogP contribution in [-0.2, 0) is 9.53 Å². The van der Waals surface area contributed by atoms with Crippen molar-refractivity contribution in [2.45, 2.75) is 32.2 Å². The Kier molecular flexibility index (Phi) is 3.90. The molecule has 0 spiro atoms. The molecule has 1 aromatic heterocycles. The van der Waals surface area contributed by atoms with Crippen LogP contribution in [0.4, 0.5) is 5.82 Å². The van der Waals surface area contributed by atoms with Gasteiger partial charge in [0.25, 0.3) is 0 Å². The minimum atomic E-state index is -0.0732. The molecule has 0 aliphatic heterocycles. The van der Waals surface area contributed by atoms with Crippen LogP contribution >= 0.6 is 0 Å². The summed E-state index contributed by atoms with van der Waals surface area (Å²) in [5, 5.41) is 3.29. The van der Waals surface area contributed by atoms with E-state index in [9.17, 15) is 4.79 Å². The van der Waals surface area contributed by atoms with E-state index >= 15 is 0 Å². The molecule has 2 atom stereocenters. The van der Waals surface area contributed by atoms with Crippen LogP contribution in [0.3, 0.4) is 0 Å². The maximum absolute atomic E-state index is 11.6. The van der Waals surface area contributed by atoms with E-state index in [4.69, 9.17) is 4.74 Å². The largest absolute Gasteiger partial charge is 0.466 e. The summed E-state index contributed by atoms with van der Waals surface area (Å²) in [7, 11) is 0. The van der Waals surface area contributed by atoms with Gasteiger partial charge in [-0.2, -0.15) is 0 Å².